The molecule has 23 heavy (non-hydrogen) atoms. The van der Waals surface area contributed by atoms with Gasteiger partial charge in [-0.25, -0.2) is 0 Å². The topological polar surface area (TPSA) is 65.2 Å². The quantitative estimate of drug-likeness (QED) is 0.718. The monoisotopic (exact) mass is 328 g/mol. The van der Waals surface area contributed by atoms with Gasteiger partial charge >= 0.3 is 0 Å². The molecule has 5 nitrogen and oxygen atoms in total. The molecular weight excluding hydrogens is 312 g/mol. The summed E-state index contributed by atoms with van der Waals surface area (Å²) in [5, 5.41) is 3.91. The summed E-state index contributed by atoms with van der Waals surface area (Å²) < 4.78 is 22.7. The molecule has 0 aliphatic heterocycles. The summed E-state index contributed by atoms with van der Waals surface area (Å²) in [4.78, 5) is 5.08. The highest BCUT2D eigenvalue weighted by Gasteiger charge is 2.13. The van der Waals surface area contributed by atoms with Crippen LogP contribution in [0.25, 0.3) is 11.5 Å². The average Bonchev–Trinajstić information content (AvgIpc) is 3.03. The van der Waals surface area contributed by atoms with E-state index in [-0.39, 0.29) is 5.75 Å². The first-order valence-electron chi connectivity index (χ1n) is 7.08. The zero-order valence-electron chi connectivity index (χ0n) is 12.9. The van der Waals surface area contributed by atoms with Gasteiger partial charge in [-0.15, -0.1) is 0 Å². The van der Waals surface area contributed by atoms with Crippen LogP contribution in [0.2, 0.25) is 0 Å². The van der Waals surface area contributed by atoms with Crippen molar-refractivity contribution >= 4 is 10.8 Å². The molecular formula is C17H16N2O3S. The van der Waals surface area contributed by atoms with Crippen LogP contribution in [0.3, 0.4) is 0 Å². The molecule has 0 N–H and O–H groups in total. The van der Waals surface area contributed by atoms with Gasteiger partial charge in [0.05, 0.1) is 23.7 Å². The Morgan fingerprint density at radius 1 is 1.17 bits per heavy atom. The molecule has 2 aromatic carbocycles. The Kier molecular flexibility index (Phi) is 4.52. The Morgan fingerprint density at radius 3 is 2.65 bits per heavy atom. The molecule has 0 fully saturated rings. The van der Waals surface area contributed by atoms with Crippen molar-refractivity contribution in [1.29, 1.82) is 0 Å². The summed E-state index contributed by atoms with van der Waals surface area (Å²) in [6.07, 6.45) is 0. The third-order valence-corrected chi connectivity index (χ3v) is 4.62. The van der Waals surface area contributed by atoms with Crippen molar-refractivity contribution in [2.24, 2.45) is 0 Å². The van der Waals surface area contributed by atoms with Crippen molar-refractivity contribution < 1.29 is 13.5 Å². The number of hydrogen-bond donors (Lipinski definition) is 0. The Labute approximate surface area is 136 Å². The second-order valence-electron chi connectivity index (χ2n) is 5.05. The number of ether oxygens (including phenoxy) is 1. The fraction of sp³-hybridized carbons (Fsp3) is 0.176. The molecule has 0 saturated heterocycles. The van der Waals surface area contributed by atoms with Gasteiger partial charge in [0, 0.05) is 10.5 Å². The predicted octanol–water partition coefficient (Wildman–Crippen LogP) is 3.36. The van der Waals surface area contributed by atoms with Gasteiger partial charge in [0.25, 0.3) is 5.89 Å². The highest BCUT2D eigenvalue weighted by Crippen LogP contribution is 2.21. The zero-order valence-corrected chi connectivity index (χ0v) is 13.7. The van der Waals surface area contributed by atoms with Crippen LogP contribution in [0.1, 0.15) is 11.4 Å². The summed E-state index contributed by atoms with van der Waals surface area (Å²) in [7, 11) is 0.414. The molecule has 6 heteroatoms. The summed E-state index contributed by atoms with van der Waals surface area (Å²) in [5.41, 5.74) is 1.87. The third-order valence-electron chi connectivity index (χ3n) is 3.32. The molecule has 0 saturated carbocycles. The van der Waals surface area contributed by atoms with Crippen molar-refractivity contribution in [2.75, 3.05) is 7.11 Å². The van der Waals surface area contributed by atoms with E-state index in [4.69, 9.17) is 9.26 Å². The van der Waals surface area contributed by atoms with E-state index in [2.05, 4.69) is 10.1 Å². The third kappa shape index (κ3) is 3.65. The van der Waals surface area contributed by atoms with Gasteiger partial charge in [0.1, 0.15) is 5.75 Å². The van der Waals surface area contributed by atoms with E-state index in [1.165, 1.54) is 0 Å². The van der Waals surface area contributed by atoms with Crippen molar-refractivity contribution in [3.63, 3.8) is 0 Å². The van der Waals surface area contributed by atoms with Gasteiger partial charge in [-0.1, -0.05) is 17.3 Å². The van der Waals surface area contributed by atoms with Crippen molar-refractivity contribution in [1.82, 2.24) is 10.1 Å². The van der Waals surface area contributed by atoms with Gasteiger partial charge < -0.3 is 9.26 Å². The number of aromatic nitrogens is 2. The fourth-order valence-corrected chi connectivity index (χ4v) is 3.19. The Bertz CT molecular complexity index is 828. The lowest BCUT2D eigenvalue weighted by Gasteiger charge is -2.00. The van der Waals surface area contributed by atoms with Gasteiger partial charge in [-0.3, -0.25) is 4.21 Å². The molecule has 0 aliphatic rings. The minimum atomic E-state index is -1.20. The predicted molar refractivity (Wildman–Crippen MR) is 87.6 cm³/mol. The Morgan fingerprint density at radius 2 is 1.96 bits per heavy atom. The Balaban J connectivity index is 1.75. The first kappa shape index (κ1) is 15.4. The number of aryl methyl sites for hydroxylation is 1. The maximum absolute atomic E-state index is 12.4. The van der Waals surface area contributed by atoms with E-state index < -0.39 is 10.8 Å². The number of nitrogens with zero attached hydrogens (tertiary/aromatic N) is 2. The Hall–Kier alpha value is -2.47. The number of benzene rings is 2. The molecule has 0 unspecified atom stereocenters. The maximum atomic E-state index is 12.4. The average molecular weight is 328 g/mol. The number of hydrogen-bond acceptors (Lipinski definition) is 5. The van der Waals surface area contributed by atoms with E-state index in [0.29, 0.717) is 11.7 Å². The maximum Gasteiger partial charge on any atom is 0.257 e. The van der Waals surface area contributed by atoms with Gasteiger partial charge in [0.15, 0.2) is 5.82 Å². The molecule has 3 aromatic rings. The van der Waals surface area contributed by atoms with E-state index in [9.17, 15) is 4.21 Å². The summed E-state index contributed by atoms with van der Waals surface area (Å²) in [6.45, 7) is 1.97. The molecule has 1 aromatic heterocycles. The highest BCUT2D eigenvalue weighted by molar-refractivity contribution is 7.84. The largest absolute Gasteiger partial charge is 0.497 e. The molecule has 1 atom stereocenters. The standard InChI is InChI=1S/C17H16N2O3S/c1-12-4-3-5-15(10-12)23(20)11-16-18-17(22-19-16)13-6-8-14(21-2)9-7-13/h3-10H,11H2,1-2H3/t23-/m0/s1. The van der Waals surface area contributed by atoms with Crippen LogP contribution in [0.5, 0.6) is 5.75 Å². The molecule has 1 heterocycles. The summed E-state index contributed by atoms with van der Waals surface area (Å²) in [6, 6.07) is 14.9. The van der Waals surface area contributed by atoms with E-state index in [0.717, 1.165) is 21.8 Å². The van der Waals surface area contributed by atoms with Crippen LogP contribution in [0.4, 0.5) is 0 Å². The number of rotatable bonds is 5. The van der Waals surface area contributed by atoms with Crippen LogP contribution in [-0.4, -0.2) is 21.5 Å². The van der Waals surface area contributed by atoms with Gasteiger partial charge in [0.2, 0.25) is 0 Å². The molecule has 0 spiro atoms. The first-order valence-corrected chi connectivity index (χ1v) is 8.39. The normalized spacial score (nSPS) is 12.1. The van der Waals surface area contributed by atoms with Gasteiger partial charge in [-0.05, 0) is 48.9 Å². The second-order valence-corrected chi connectivity index (χ2v) is 6.50. The first-order chi connectivity index (χ1) is 11.2. The van der Waals surface area contributed by atoms with E-state index in [1.807, 2.05) is 55.5 Å². The lowest BCUT2D eigenvalue weighted by Crippen LogP contribution is -1.98. The van der Waals surface area contributed by atoms with Crippen LogP contribution in [-0.2, 0) is 16.6 Å². The SMILES string of the molecule is COc1ccc(-c2nc(C[S@](=O)c3cccc(C)c3)no2)cc1. The highest BCUT2D eigenvalue weighted by atomic mass is 32.2. The molecule has 118 valence electrons. The second kappa shape index (κ2) is 6.75. The van der Waals surface area contributed by atoms with Crippen LogP contribution in [0, 0.1) is 6.92 Å². The molecule has 3 rings (SSSR count). The molecule has 0 aliphatic carbocycles. The minimum Gasteiger partial charge on any atom is -0.497 e. The molecule has 0 amide bonds. The summed E-state index contributed by atoms with van der Waals surface area (Å²) in [5.74, 6) is 1.82. The summed E-state index contributed by atoms with van der Waals surface area (Å²) >= 11 is 0. The number of methoxy groups -OCH3 is 1. The van der Waals surface area contributed by atoms with Crippen LogP contribution >= 0.6 is 0 Å². The van der Waals surface area contributed by atoms with E-state index >= 15 is 0 Å². The van der Waals surface area contributed by atoms with Gasteiger partial charge in [-0.2, -0.15) is 4.98 Å². The van der Waals surface area contributed by atoms with Crippen molar-refractivity contribution in [2.45, 2.75) is 17.6 Å². The lowest BCUT2D eigenvalue weighted by molar-refractivity contribution is 0.414. The molecule has 0 radical (unpaired) electrons. The lowest BCUT2D eigenvalue weighted by atomic mass is 10.2. The van der Waals surface area contributed by atoms with Crippen LogP contribution in [0.15, 0.2) is 57.9 Å². The minimum absolute atomic E-state index is 0.225. The van der Waals surface area contributed by atoms with E-state index in [1.54, 1.807) is 7.11 Å². The van der Waals surface area contributed by atoms with Crippen molar-refractivity contribution in [3.8, 4) is 17.2 Å². The smallest absolute Gasteiger partial charge is 0.257 e. The fourth-order valence-electron chi connectivity index (χ4n) is 2.12. The van der Waals surface area contributed by atoms with Crippen LogP contribution < -0.4 is 4.74 Å². The van der Waals surface area contributed by atoms with Crippen molar-refractivity contribution in [3.05, 3.63) is 59.9 Å². The molecule has 0 bridgehead atoms. The zero-order chi connectivity index (χ0) is 16.2.